The van der Waals surface area contributed by atoms with Gasteiger partial charge in [0.1, 0.15) is 0 Å². The van der Waals surface area contributed by atoms with Crippen molar-refractivity contribution in [2.24, 2.45) is 0 Å². The lowest BCUT2D eigenvalue weighted by molar-refractivity contribution is 0.853. The van der Waals surface area contributed by atoms with E-state index in [0.29, 0.717) is 5.92 Å². The minimum absolute atomic E-state index is 0.309. The Labute approximate surface area is 309 Å². The van der Waals surface area contributed by atoms with Crippen LogP contribution in [-0.2, 0) is 0 Å². The second-order valence-electron chi connectivity index (χ2n) is 13.2. The molecule has 246 valence electrons. The summed E-state index contributed by atoms with van der Waals surface area (Å²) >= 11 is 3.77. The van der Waals surface area contributed by atoms with E-state index in [0.717, 1.165) is 19.3 Å². The van der Waals surface area contributed by atoms with Crippen molar-refractivity contribution >= 4 is 29.2 Å². The lowest BCUT2D eigenvalue weighted by atomic mass is 9.87. The summed E-state index contributed by atoms with van der Waals surface area (Å²) in [6.45, 7) is 0. The van der Waals surface area contributed by atoms with E-state index in [1.807, 2.05) is 23.5 Å². The van der Waals surface area contributed by atoms with E-state index < -0.39 is 0 Å². The molecule has 1 atom stereocenters. The Bertz CT molecular complexity index is 2380. The van der Waals surface area contributed by atoms with E-state index in [2.05, 4.69) is 181 Å². The molecule has 0 bridgehead atoms. The van der Waals surface area contributed by atoms with Gasteiger partial charge in [0, 0.05) is 42.4 Å². The first-order valence-corrected chi connectivity index (χ1v) is 19.4. The molecule has 1 nitrogen and oxygen atoms in total. The predicted molar refractivity (Wildman–Crippen MR) is 219 cm³/mol. The van der Waals surface area contributed by atoms with Gasteiger partial charge in [-0.1, -0.05) is 163 Å². The Balaban J connectivity index is 1.26. The van der Waals surface area contributed by atoms with Crippen LogP contribution < -0.4 is 5.32 Å². The van der Waals surface area contributed by atoms with Gasteiger partial charge in [0.05, 0.1) is 0 Å². The van der Waals surface area contributed by atoms with Crippen molar-refractivity contribution in [3.8, 4) is 44.5 Å². The fourth-order valence-electron chi connectivity index (χ4n) is 7.45. The number of fused-ring (bicyclic) bond motifs is 6. The SMILES string of the molecule is C1=CCCC(Nc2ccc(-c3cccc4c3-c3ccccc3Sc3ccccc3-c3cccc(-c5ccccc5)c3S4)cc2[C@@H]2C=CC=CC2)=C1. The Hall–Kier alpha value is -5.22. The van der Waals surface area contributed by atoms with Gasteiger partial charge in [-0.15, -0.1) is 0 Å². The molecule has 0 saturated heterocycles. The van der Waals surface area contributed by atoms with Crippen molar-refractivity contribution in [1.29, 1.82) is 0 Å². The molecule has 2 aliphatic carbocycles. The Morgan fingerprint density at radius 3 is 2.08 bits per heavy atom. The predicted octanol–water partition coefficient (Wildman–Crippen LogP) is 14.2. The number of allylic oxidation sites excluding steroid dienone is 8. The lowest BCUT2D eigenvalue weighted by Crippen LogP contribution is -2.07. The summed E-state index contributed by atoms with van der Waals surface area (Å²) in [5.41, 5.74) is 13.9. The summed E-state index contributed by atoms with van der Waals surface area (Å²) in [6, 6.07) is 49.4. The van der Waals surface area contributed by atoms with Gasteiger partial charge >= 0.3 is 0 Å². The minimum Gasteiger partial charge on any atom is -0.359 e. The molecule has 0 aromatic heterocycles. The van der Waals surface area contributed by atoms with E-state index >= 15 is 0 Å². The summed E-state index contributed by atoms with van der Waals surface area (Å²) in [5, 5.41) is 3.82. The summed E-state index contributed by atoms with van der Waals surface area (Å²) in [4.78, 5) is 5.06. The molecule has 6 aromatic rings. The van der Waals surface area contributed by atoms with E-state index in [9.17, 15) is 0 Å². The fraction of sp³-hybridized carbons (Fsp3) is 0.0833. The van der Waals surface area contributed by atoms with Crippen LogP contribution in [0.15, 0.2) is 201 Å². The normalized spacial score (nSPS) is 15.9. The Kier molecular flexibility index (Phi) is 8.83. The number of nitrogens with one attached hydrogen (secondary N) is 1. The van der Waals surface area contributed by atoms with Crippen LogP contribution in [0.1, 0.15) is 30.7 Å². The molecule has 1 heterocycles. The highest BCUT2D eigenvalue weighted by molar-refractivity contribution is 8.00. The zero-order chi connectivity index (χ0) is 34.0. The fourth-order valence-corrected chi connectivity index (χ4v) is 9.82. The second kappa shape index (κ2) is 14.2. The summed E-state index contributed by atoms with van der Waals surface area (Å²) in [6.07, 6.45) is 18.7. The van der Waals surface area contributed by atoms with Crippen LogP contribution in [0.3, 0.4) is 0 Å². The van der Waals surface area contributed by atoms with Gasteiger partial charge in [0.25, 0.3) is 0 Å². The molecule has 3 aliphatic rings. The Morgan fingerprint density at radius 1 is 0.529 bits per heavy atom. The number of anilines is 1. The number of rotatable bonds is 5. The van der Waals surface area contributed by atoms with Crippen molar-refractivity contribution in [3.63, 3.8) is 0 Å². The average molecular weight is 692 g/mol. The minimum atomic E-state index is 0.309. The monoisotopic (exact) mass is 691 g/mol. The third kappa shape index (κ3) is 6.33. The van der Waals surface area contributed by atoms with Crippen LogP contribution in [-0.4, -0.2) is 0 Å². The number of benzene rings is 6. The molecule has 0 saturated carbocycles. The van der Waals surface area contributed by atoms with Gasteiger partial charge in [0.2, 0.25) is 0 Å². The smallest absolute Gasteiger partial charge is 0.0420 e. The summed E-state index contributed by atoms with van der Waals surface area (Å²) < 4.78 is 0. The first-order chi connectivity index (χ1) is 25.3. The van der Waals surface area contributed by atoms with Crippen LogP contribution in [0.25, 0.3) is 44.5 Å². The van der Waals surface area contributed by atoms with Gasteiger partial charge in [-0.2, -0.15) is 0 Å². The largest absolute Gasteiger partial charge is 0.359 e. The van der Waals surface area contributed by atoms with Crippen molar-refractivity contribution in [2.75, 3.05) is 5.32 Å². The van der Waals surface area contributed by atoms with Gasteiger partial charge < -0.3 is 5.32 Å². The molecule has 0 fully saturated rings. The molecule has 0 unspecified atom stereocenters. The van der Waals surface area contributed by atoms with E-state index in [1.54, 1.807) is 0 Å². The first kappa shape index (κ1) is 31.7. The molecule has 0 spiro atoms. The topological polar surface area (TPSA) is 12.0 Å². The number of hydrogen-bond acceptors (Lipinski definition) is 3. The first-order valence-electron chi connectivity index (χ1n) is 17.8. The molecule has 6 aromatic carbocycles. The maximum Gasteiger partial charge on any atom is 0.0420 e. The quantitative estimate of drug-likeness (QED) is 0.193. The van der Waals surface area contributed by atoms with Gasteiger partial charge in [-0.25, -0.2) is 0 Å². The van der Waals surface area contributed by atoms with Crippen LogP contribution in [0.5, 0.6) is 0 Å². The van der Waals surface area contributed by atoms with E-state index in [1.165, 1.54) is 81.0 Å². The van der Waals surface area contributed by atoms with Crippen molar-refractivity contribution in [2.45, 2.75) is 44.8 Å². The molecular formula is C48H37NS2. The van der Waals surface area contributed by atoms with Crippen molar-refractivity contribution in [3.05, 3.63) is 187 Å². The van der Waals surface area contributed by atoms with Crippen LogP contribution in [0.4, 0.5) is 5.69 Å². The summed E-state index contributed by atoms with van der Waals surface area (Å²) in [5.74, 6) is 0.309. The van der Waals surface area contributed by atoms with Gasteiger partial charge in [0.15, 0.2) is 0 Å². The third-order valence-corrected chi connectivity index (χ3v) is 12.3. The standard InChI is InChI=1S/C48H37NS2/c1-4-16-33(17-5-1)38-25-14-26-40-39-22-10-12-27-44(39)50-45-28-13-11-23-41(45)47-37(24-15-29-46(47)51-48(38)40)35-30-31-43(49-36-20-8-3-9-21-36)42(32-35)34-18-6-2-7-19-34/h1-8,10-18,20,22-32,34,49H,9,19,21H2/t34-/m1/s1. The maximum absolute atomic E-state index is 3.82. The van der Waals surface area contributed by atoms with Crippen LogP contribution >= 0.6 is 23.5 Å². The van der Waals surface area contributed by atoms with Crippen LogP contribution in [0, 0.1) is 0 Å². The molecule has 3 heteroatoms. The average Bonchev–Trinajstić information content (AvgIpc) is 3.20. The van der Waals surface area contributed by atoms with E-state index in [-0.39, 0.29) is 0 Å². The molecule has 0 radical (unpaired) electrons. The van der Waals surface area contributed by atoms with Crippen molar-refractivity contribution < 1.29 is 0 Å². The molecular weight excluding hydrogens is 655 g/mol. The van der Waals surface area contributed by atoms with Gasteiger partial charge in [-0.05, 0) is 100 Å². The molecule has 1 aliphatic heterocycles. The van der Waals surface area contributed by atoms with Gasteiger partial charge in [-0.3, -0.25) is 0 Å². The molecule has 51 heavy (non-hydrogen) atoms. The third-order valence-electron chi connectivity index (χ3n) is 9.94. The molecule has 1 N–H and O–H groups in total. The number of hydrogen-bond donors (Lipinski definition) is 1. The van der Waals surface area contributed by atoms with Crippen molar-refractivity contribution in [1.82, 2.24) is 0 Å². The van der Waals surface area contributed by atoms with Crippen LogP contribution in [0.2, 0.25) is 0 Å². The highest BCUT2D eigenvalue weighted by atomic mass is 32.2. The van der Waals surface area contributed by atoms with E-state index in [4.69, 9.17) is 0 Å². The second-order valence-corrected chi connectivity index (χ2v) is 15.3. The maximum atomic E-state index is 3.82. The lowest BCUT2D eigenvalue weighted by Gasteiger charge is -2.25. The Morgan fingerprint density at radius 2 is 1.25 bits per heavy atom. The molecule has 0 amide bonds. The summed E-state index contributed by atoms with van der Waals surface area (Å²) in [7, 11) is 0. The highest BCUT2D eigenvalue weighted by Crippen LogP contribution is 2.53. The zero-order valence-corrected chi connectivity index (χ0v) is 29.9. The zero-order valence-electron chi connectivity index (χ0n) is 28.3. The molecule has 9 rings (SSSR count). The highest BCUT2D eigenvalue weighted by Gasteiger charge is 2.24.